The first-order chi connectivity index (χ1) is 8.67. The van der Waals surface area contributed by atoms with Crippen LogP contribution in [0.2, 0.25) is 0 Å². The Hall–Kier alpha value is -1.99. The zero-order valence-electron chi connectivity index (χ0n) is 9.56. The van der Waals surface area contributed by atoms with E-state index >= 15 is 0 Å². The van der Waals surface area contributed by atoms with Gasteiger partial charge in [-0.05, 0) is 35.9 Å². The van der Waals surface area contributed by atoms with E-state index < -0.39 is 0 Å². The van der Waals surface area contributed by atoms with E-state index in [-0.39, 0.29) is 5.82 Å². The summed E-state index contributed by atoms with van der Waals surface area (Å²) in [6.45, 7) is 0. The molecule has 4 heteroatoms. The molecule has 0 aliphatic carbocycles. The maximum absolute atomic E-state index is 13.1. The van der Waals surface area contributed by atoms with Crippen LogP contribution in [0.1, 0.15) is 11.1 Å². The van der Waals surface area contributed by atoms with Crippen molar-refractivity contribution in [1.82, 2.24) is 0 Å². The number of anilines is 1. The average Bonchev–Trinajstić information content (AvgIpc) is 2.36. The molecule has 2 nitrogen and oxygen atoms in total. The Balaban J connectivity index is 2.04. The summed E-state index contributed by atoms with van der Waals surface area (Å²) in [5.74, 6) is 0.395. The van der Waals surface area contributed by atoms with Crippen LogP contribution < -0.4 is 5.73 Å². The van der Waals surface area contributed by atoms with Crippen molar-refractivity contribution in [2.24, 2.45) is 0 Å². The normalized spacial score (nSPS) is 10.0. The van der Waals surface area contributed by atoms with Crippen LogP contribution in [-0.2, 0) is 5.75 Å². The fourth-order valence-electron chi connectivity index (χ4n) is 1.51. The molecule has 0 radical (unpaired) electrons. The minimum atomic E-state index is -0.322. The summed E-state index contributed by atoms with van der Waals surface area (Å²) >= 11 is 1.51. The van der Waals surface area contributed by atoms with E-state index in [1.165, 1.54) is 23.9 Å². The fraction of sp³-hybridized carbons (Fsp3) is 0.0714. The Morgan fingerprint density at radius 1 is 1.17 bits per heavy atom. The first kappa shape index (κ1) is 12.5. The highest BCUT2D eigenvalue weighted by Crippen LogP contribution is 2.25. The number of nitrogens with zero attached hydrogens (tertiary/aromatic N) is 1. The standard InChI is InChI=1S/C14H11FN2S/c15-12-5-13(17)7-14(6-12)18-9-11-3-1-10(8-16)2-4-11/h1-7H,9,17H2. The molecule has 0 fully saturated rings. The molecule has 2 rings (SSSR count). The Morgan fingerprint density at radius 3 is 2.50 bits per heavy atom. The first-order valence-electron chi connectivity index (χ1n) is 5.35. The molecule has 0 saturated carbocycles. The number of halogens is 1. The predicted molar refractivity (Wildman–Crippen MR) is 71.5 cm³/mol. The molecule has 0 aromatic heterocycles. The maximum Gasteiger partial charge on any atom is 0.126 e. The molecule has 0 saturated heterocycles. The van der Waals surface area contributed by atoms with Gasteiger partial charge in [-0.1, -0.05) is 12.1 Å². The summed E-state index contributed by atoms with van der Waals surface area (Å²) in [6.07, 6.45) is 0. The minimum Gasteiger partial charge on any atom is -0.399 e. The lowest BCUT2D eigenvalue weighted by Crippen LogP contribution is -1.88. The van der Waals surface area contributed by atoms with Crippen LogP contribution in [0, 0.1) is 17.1 Å². The lowest BCUT2D eigenvalue weighted by Gasteiger charge is -2.04. The topological polar surface area (TPSA) is 49.8 Å². The van der Waals surface area contributed by atoms with Gasteiger partial charge in [0.05, 0.1) is 11.6 Å². The smallest absolute Gasteiger partial charge is 0.126 e. The third-order valence-electron chi connectivity index (χ3n) is 2.38. The van der Waals surface area contributed by atoms with Crippen LogP contribution in [0.3, 0.4) is 0 Å². The van der Waals surface area contributed by atoms with Crippen molar-refractivity contribution in [2.45, 2.75) is 10.6 Å². The molecule has 0 unspecified atom stereocenters. The number of thioether (sulfide) groups is 1. The second-order valence-corrected chi connectivity index (χ2v) is 4.87. The van der Waals surface area contributed by atoms with Crippen molar-refractivity contribution >= 4 is 17.4 Å². The Kier molecular flexibility index (Phi) is 3.85. The SMILES string of the molecule is N#Cc1ccc(CSc2cc(N)cc(F)c2)cc1. The number of benzene rings is 2. The zero-order chi connectivity index (χ0) is 13.0. The highest BCUT2D eigenvalue weighted by molar-refractivity contribution is 7.98. The van der Waals surface area contributed by atoms with Gasteiger partial charge in [-0.15, -0.1) is 11.8 Å². The van der Waals surface area contributed by atoms with Crippen LogP contribution >= 0.6 is 11.8 Å². The molecule has 0 amide bonds. The van der Waals surface area contributed by atoms with Gasteiger partial charge in [0.1, 0.15) is 5.82 Å². The summed E-state index contributed by atoms with van der Waals surface area (Å²) in [7, 11) is 0. The first-order valence-corrected chi connectivity index (χ1v) is 6.34. The quantitative estimate of drug-likeness (QED) is 0.676. The van der Waals surface area contributed by atoms with E-state index in [2.05, 4.69) is 6.07 Å². The molecule has 2 aromatic carbocycles. The second-order valence-electron chi connectivity index (χ2n) is 3.82. The summed E-state index contributed by atoms with van der Waals surface area (Å²) in [5, 5.41) is 8.69. The van der Waals surface area contributed by atoms with Gasteiger partial charge >= 0.3 is 0 Å². The van der Waals surface area contributed by atoms with E-state index in [1.807, 2.05) is 12.1 Å². The van der Waals surface area contributed by atoms with Crippen molar-refractivity contribution in [2.75, 3.05) is 5.73 Å². The fourth-order valence-corrected chi connectivity index (χ4v) is 2.45. The molecule has 2 N–H and O–H groups in total. The van der Waals surface area contributed by atoms with Crippen molar-refractivity contribution < 1.29 is 4.39 Å². The van der Waals surface area contributed by atoms with E-state index in [4.69, 9.17) is 11.0 Å². The Morgan fingerprint density at radius 2 is 1.89 bits per heavy atom. The summed E-state index contributed by atoms with van der Waals surface area (Å²) < 4.78 is 13.1. The molecule has 90 valence electrons. The van der Waals surface area contributed by atoms with Gasteiger partial charge in [-0.2, -0.15) is 5.26 Å². The number of nitrogen functional groups attached to an aromatic ring is 1. The Bertz CT molecular complexity index is 567. The van der Waals surface area contributed by atoms with Crippen molar-refractivity contribution in [3.8, 4) is 6.07 Å². The predicted octanol–water partition coefficient (Wildman–Crippen LogP) is 3.57. The Labute approximate surface area is 109 Å². The molecule has 0 heterocycles. The van der Waals surface area contributed by atoms with Gasteiger partial charge < -0.3 is 5.73 Å². The molecule has 0 aliphatic rings. The molecule has 0 bridgehead atoms. The molecule has 0 aliphatic heterocycles. The average molecular weight is 258 g/mol. The van der Waals surface area contributed by atoms with Crippen molar-refractivity contribution in [3.05, 3.63) is 59.4 Å². The van der Waals surface area contributed by atoms with Gasteiger partial charge in [0.15, 0.2) is 0 Å². The van der Waals surface area contributed by atoms with Crippen LogP contribution in [0.4, 0.5) is 10.1 Å². The van der Waals surface area contributed by atoms with Gasteiger partial charge in [0, 0.05) is 16.3 Å². The number of hydrogen-bond donors (Lipinski definition) is 1. The van der Waals surface area contributed by atoms with Crippen LogP contribution in [0.25, 0.3) is 0 Å². The summed E-state index contributed by atoms with van der Waals surface area (Å²) in [4.78, 5) is 0.803. The van der Waals surface area contributed by atoms with E-state index in [9.17, 15) is 4.39 Å². The van der Waals surface area contributed by atoms with Gasteiger partial charge in [-0.3, -0.25) is 0 Å². The molecule has 2 aromatic rings. The molecular formula is C14H11FN2S. The third kappa shape index (κ3) is 3.25. The number of nitrogens with two attached hydrogens (primary N) is 1. The zero-order valence-corrected chi connectivity index (χ0v) is 10.4. The number of rotatable bonds is 3. The molecule has 18 heavy (non-hydrogen) atoms. The lowest BCUT2D eigenvalue weighted by atomic mass is 10.2. The van der Waals surface area contributed by atoms with Crippen molar-refractivity contribution in [3.63, 3.8) is 0 Å². The van der Waals surface area contributed by atoms with E-state index in [0.717, 1.165) is 10.5 Å². The second kappa shape index (κ2) is 5.56. The maximum atomic E-state index is 13.1. The largest absolute Gasteiger partial charge is 0.399 e. The van der Waals surface area contributed by atoms with Gasteiger partial charge in [-0.25, -0.2) is 4.39 Å². The lowest BCUT2D eigenvalue weighted by molar-refractivity contribution is 0.625. The molecule has 0 atom stereocenters. The highest BCUT2D eigenvalue weighted by Gasteiger charge is 2.01. The van der Waals surface area contributed by atoms with Crippen LogP contribution in [0.15, 0.2) is 47.4 Å². The minimum absolute atomic E-state index is 0.322. The van der Waals surface area contributed by atoms with Gasteiger partial charge in [0.2, 0.25) is 0 Å². The number of hydrogen-bond acceptors (Lipinski definition) is 3. The monoisotopic (exact) mass is 258 g/mol. The third-order valence-corrected chi connectivity index (χ3v) is 3.43. The summed E-state index contributed by atoms with van der Waals surface area (Å²) in [5.41, 5.74) is 7.73. The highest BCUT2D eigenvalue weighted by atomic mass is 32.2. The van der Waals surface area contributed by atoms with Crippen molar-refractivity contribution in [1.29, 1.82) is 5.26 Å². The van der Waals surface area contributed by atoms with E-state index in [1.54, 1.807) is 18.2 Å². The summed E-state index contributed by atoms with van der Waals surface area (Å²) in [6, 6.07) is 13.9. The van der Waals surface area contributed by atoms with Crippen LogP contribution in [-0.4, -0.2) is 0 Å². The van der Waals surface area contributed by atoms with E-state index in [0.29, 0.717) is 17.0 Å². The molecular weight excluding hydrogens is 247 g/mol. The van der Waals surface area contributed by atoms with Gasteiger partial charge in [0.25, 0.3) is 0 Å². The van der Waals surface area contributed by atoms with Crippen LogP contribution in [0.5, 0.6) is 0 Å². The molecule has 0 spiro atoms. The number of nitriles is 1.